The maximum atomic E-state index is 12.9. The first kappa shape index (κ1) is 16.6. The molecule has 1 aliphatic rings. The van der Waals surface area contributed by atoms with Crippen molar-refractivity contribution in [3.05, 3.63) is 78.4 Å². The largest absolute Gasteiger partial charge is 0.288 e. The monoisotopic (exact) mass is 385 g/mol. The van der Waals surface area contributed by atoms with E-state index >= 15 is 0 Å². The number of aryl methyl sites for hydroxylation is 1. The summed E-state index contributed by atoms with van der Waals surface area (Å²) in [6, 6.07) is 22.6. The van der Waals surface area contributed by atoms with Crippen LogP contribution in [0, 0.1) is 6.92 Å². The molecule has 126 valence electrons. The highest BCUT2D eigenvalue weighted by molar-refractivity contribution is 8.04. The van der Waals surface area contributed by atoms with E-state index in [1.54, 1.807) is 36.0 Å². The van der Waals surface area contributed by atoms with E-state index in [9.17, 15) is 8.42 Å². The molecule has 1 aliphatic heterocycles. The van der Waals surface area contributed by atoms with Crippen LogP contribution < -0.4 is 0 Å². The summed E-state index contributed by atoms with van der Waals surface area (Å²) in [5.74, 6) is 0. The third-order valence-corrected chi connectivity index (χ3v) is 9.03. The Hall–Kier alpha value is -1.89. The molecule has 0 fully saturated rings. The summed E-state index contributed by atoms with van der Waals surface area (Å²) in [4.78, 5) is 4.28. The second-order valence-corrected chi connectivity index (χ2v) is 10.2. The van der Waals surface area contributed by atoms with Crippen LogP contribution >= 0.6 is 11.8 Å². The second-order valence-electron chi connectivity index (χ2n) is 5.64. The Morgan fingerprint density at radius 1 is 0.800 bits per heavy atom. The molecular formula is C19H15NO2S3. The van der Waals surface area contributed by atoms with Crippen LogP contribution in [0.4, 0.5) is 0 Å². The third-order valence-electron chi connectivity index (χ3n) is 3.83. The van der Waals surface area contributed by atoms with Crippen molar-refractivity contribution < 1.29 is 8.42 Å². The Kier molecular flexibility index (Phi) is 4.27. The SMILES string of the molecule is Cc1ccc(S(=O)(=O)N=S2c3ccccc3Sc3ccccc32)cc1. The van der Waals surface area contributed by atoms with Gasteiger partial charge in [-0.25, -0.2) is 0 Å². The molecule has 1 heterocycles. The average molecular weight is 386 g/mol. The average Bonchev–Trinajstić information content (AvgIpc) is 2.62. The summed E-state index contributed by atoms with van der Waals surface area (Å²) in [6.45, 7) is 1.93. The molecule has 6 heteroatoms. The fourth-order valence-corrected chi connectivity index (χ4v) is 7.57. The lowest BCUT2D eigenvalue weighted by Gasteiger charge is -2.21. The number of benzene rings is 3. The van der Waals surface area contributed by atoms with Gasteiger partial charge < -0.3 is 0 Å². The summed E-state index contributed by atoms with van der Waals surface area (Å²) in [5, 5.41) is 0. The Morgan fingerprint density at radius 2 is 1.32 bits per heavy atom. The molecule has 4 rings (SSSR count). The molecule has 25 heavy (non-hydrogen) atoms. The molecule has 3 aromatic carbocycles. The molecular weight excluding hydrogens is 370 g/mol. The lowest BCUT2D eigenvalue weighted by molar-refractivity contribution is 0.598. The summed E-state index contributed by atoms with van der Waals surface area (Å²) >= 11 is 1.66. The Labute approximate surface area is 154 Å². The van der Waals surface area contributed by atoms with Crippen molar-refractivity contribution in [1.82, 2.24) is 0 Å². The van der Waals surface area contributed by atoms with Gasteiger partial charge in [0.25, 0.3) is 10.0 Å². The van der Waals surface area contributed by atoms with Gasteiger partial charge in [-0.05, 0) is 54.0 Å². The van der Waals surface area contributed by atoms with E-state index in [1.807, 2.05) is 55.5 Å². The summed E-state index contributed by atoms with van der Waals surface area (Å²) in [5.41, 5.74) is 1.02. The predicted octanol–water partition coefficient (Wildman–Crippen LogP) is 5.07. The maximum Gasteiger partial charge on any atom is 0.288 e. The summed E-state index contributed by atoms with van der Waals surface area (Å²) in [6.07, 6.45) is 0. The molecule has 0 aromatic heterocycles. The van der Waals surface area contributed by atoms with Crippen LogP contribution in [0.25, 0.3) is 0 Å². The van der Waals surface area contributed by atoms with Crippen molar-refractivity contribution in [2.75, 3.05) is 0 Å². The number of rotatable bonds is 2. The Balaban J connectivity index is 1.92. The predicted molar refractivity (Wildman–Crippen MR) is 102 cm³/mol. The lowest BCUT2D eigenvalue weighted by Crippen LogP contribution is -2.06. The quantitative estimate of drug-likeness (QED) is 0.484. The topological polar surface area (TPSA) is 46.5 Å². The van der Waals surface area contributed by atoms with E-state index in [4.69, 9.17) is 0 Å². The van der Waals surface area contributed by atoms with Crippen LogP contribution in [0.3, 0.4) is 0 Å². The smallest absolute Gasteiger partial charge is 0.199 e. The molecule has 0 atom stereocenters. The number of hydrogen-bond donors (Lipinski definition) is 0. The lowest BCUT2D eigenvalue weighted by atomic mass is 10.2. The van der Waals surface area contributed by atoms with E-state index in [2.05, 4.69) is 3.77 Å². The van der Waals surface area contributed by atoms with Gasteiger partial charge in [-0.3, -0.25) is 0 Å². The van der Waals surface area contributed by atoms with Crippen molar-refractivity contribution in [3.63, 3.8) is 0 Å². The van der Waals surface area contributed by atoms with E-state index in [0.717, 1.165) is 25.1 Å². The highest BCUT2D eigenvalue weighted by Gasteiger charge is 2.23. The molecule has 0 N–H and O–H groups in total. The standard InChI is InChI=1S/C19H15NO2S3/c1-14-10-12-15(13-11-14)25(21,22)20-24-18-8-4-2-6-16(18)23-17-7-3-5-9-19(17)24/h2-13H,1H3. The van der Waals surface area contributed by atoms with Gasteiger partial charge in [-0.15, -0.1) is 3.77 Å². The zero-order chi connectivity index (χ0) is 17.4. The van der Waals surface area contributed by atoms with Gasteiger partial charge in [0.05, 0.1) is 4.90 Å². The summed E-state index contributed by atoms with van der Waals surface area (Å²) < 4.78 is 30.1. The van der Waals surface area contributed by atoms with E-state index in [0.29, 0.717) is 0 Å². The highest BCUT2D eigenvalue weighted by atomic mass is 32.3. The molecule has 0 unspecified atom stereocenters. The zero-order valence-corrected chi connectivity index (χ0v) is 15.9. The molecule has 0 radical (unpaired) electrons. The Bertz CT molecular complexity index is 1040. The first-order valence-electron chi connectivity index (χ1n) is 7.70. The number of nitrogens with zero attached hydrogens (tertiary/aromatic N) is 1. The molecule has 3 aromatic rings. The molecule has 0 spiro atoms. The van der Waals surface area contributed by atoms with Crippen molar-refractivity contribution in [3.8, 4) is 0 Å². The van der Waals surface area contributed by atoms with Crippen LogP contribution in [0.2, 0.25) is 0 Å². The minimum absolute atomic E-state index is 0.235. The Morgan fingerprint density at radius 3 is 1.88 bits per heavy atom. The van der Waals surface area contributed by atoms with Crippen LogP contribution in [0.5, 0.6) is 0 Å². The fraction of sp³-hybridized carbons (Fsp3) is 0.0526. The molecule has 0 aliphatic carbocycles. The minimum atomic E-state index is -3.73. The number of hydrogen-bond acceptors (Lipinski definition) is 3. The van der Waals surface area contributed by atoms with E-state index in [1.165, 1.54) is 0 Å². The maximum absolute atomic E-state index is 12.9. The highest BCUT2D eigenvalue weighted by Crippen LogP contribution is 2.43. The first-order chi connectivity index (χ1) is 12.0. The van der Waals surface area contributed by atoms with Crippen molar-refractivity contribution in [1.29, 1.82) is 0 Å². The first-order valence-corrected chi connectivity index (χ1v) is 11.1. The number of sulfonamides is 1. The van der Waals surface area contributed by atoms with Crippen LogP contribution in [-0.2, 0) is 20.7 Å². The summed E-state index contributed by atoms with van der Waals surface area (Å²) in [7, 11) is -4.59. The molecule has 0 bridgehead atoms. The van der Waals surface area contributed by atoms with Gasteiger partial charge in [-0.2, -0.15) is 8.42 Å². The van der Waals surface area contributed by atoms with Crippen molar-refractivity contribution in [2.24, 2.45) is 3.77 Å². The van der Waals surface area contributed by atoms with Crippen LogP contribution in [0.15, 0.2) is 101 Å². The second kappa shape index (κ2) is 6.44. The van der Waals surface area contributed by atoms with Gasteiger partial charge in [-0.1, -0.05) is 53.7 Å². The van der Waals surface area contributed by atoms with Crippen LogP contribution in [0.1, 0.15) is 5.56 Å². The van der Waals surface area contributed by atoms with Crippen molar-refractivity contribution in [2.45, 2.75) is 31.4 Å². The minimum Gasteiger partial charge on any atom is -0.199 e. The third kappa shape index (κ3) is 3.17. The number of fused-ring (bicyclic) bond motifs is 2. The molecule has 3 nitrogen and oxygen atoms in total. The molecule has 0 amide bonds. The van der Waals surface area contributed by atoms with E-state index in [-0.39, 0.29) is 4.90 Å². The van der Waals surface area contributed by atoms with Gasteiger partial charge in [0.15, 0.2) is 0 Å². The normalized spacial score (nSPS) is 13.8. The van der Waals surface area contributed by atoms with E-state index < -0.39 is 20.7 Å². The van der Waals surface area contributed by atoms with Gasteiger partial charge >= 0.3 is 0 Å². The van der Waals surface area contributed by atoms with Gasteiger partial charge in [0.1, 0.15) is 0 Å². The zero-order valence-electron chi connectivity index (χ0n) is 13.4. The molecule has 0 saturated heterocycles. The fourth-order valence-electron chi connectivity index (χ4n) is 2.56. The van der Waals surface area contributed by atoms with Crippen LogP contribution in [-0.4, -0.2) is 8.42 Å². The molecule has 0 saturated carbocycles. The van der Waals surface area contributed by atoms with Gasteiger partial charge in [0.2, 0.25) is 0 Å². The van der Waals surface area contributed by atoms with Gasteiger partial charge in [0, 0.05) is 19.6 Å². The van der Waals surface area contributed by atoms with Crippen molar-refractivity contribution >= 4 is 32.5 Å².